The van der Waals surface area contributed by atoms with Gasteiger partial charge < -0.3 is 0 Å². The molecule has 0 aliphatic heterocycles. The topological polar surface area (TPSA) is 0 Å². The summed E-state index contributed by atoms with van der Waals surface area (Å²) in [5, 5.41) is 0. The Kier molecular flexibility index (Phi) is 7.45. The minimum atomic E-state index is 1.03. The Bertz CT molecular complexity index is 228. The molecule has 0 aromatic heterocycles. The predicted molar refractivity (Wildman–Crippen MR) is 89.7 cm³/mol. The summed E-state index contributed by atoms with van der Waals surface area (Å²) < 4.78 is 0. The molecule has 0 amide bonds. The fourth-order valence-electron chi connectivity index (χ4n) is 4.70. The third-order valence-electron chi connectivity index (χ3n) is 6.08. The average molecular weight is 278 g/mol. The Labute approximate surface area is 128 Å². The van der Waals surface area contributed by atoms with Crippen molar-refractivity contribution in [1.29, 1.82) is 0 Å². The molecule has 0 nitrogen and oxygen atoms in total. The fourth-order valence-corrected chi connectivity index (χ4v) is 4.70. The van der Waals surface area contributed by atoms with Gasteiger partial charge in [-0.1, -0.05) is 65.2 Å². The van der Waals surface area contributed by atoms with Crippen LogP contribution >= 0.6 is 0 Å². The van der Waals surface area contributed by atoms with Crippen LogP contribution < -0.4 is 0 Å². The van der Waals surface area contributed by atoms with Gasteiger partial charge in [0.05, 0.1) is 0 Å². The van der Waals surface area contributed by atoms with E-state index in [4.69, 9.17) is 0 Å². The van der Waals surface area contributed by atoms with Crippen LogP contribution in [0.5, 0.6) is 0 Å². The van der Waals surface area contributed by atoms with Crippen molar-refractivity contribution < 1.29 is 0 Å². The summed E-state index contributed by atoms with van der Waals surface area (Å²) in [6.45, 7) is 4.67. The lowest BCUT2D eigenvalue weighted by atomic mass is 9.68. The largest absolute Gasteiger partial charge is 0.0654 e. The molecular formula is C20H37. The van der Waals surface area contributed by atoms with Gasteiger partial charge in [-0.05, 0) is 62.2 Å². The van der Waals surface area contributed by atoms with Gasteiger partial charge in [0, 0.05) is 0 Å². The number of rotatable bonds is 7. The number of hydrogen-bond donors (Lipinski definition) is 0. The lowest BCUT2D eigenvalue weighted by Gasteiger charge is -2.37. The quantitative estimate of drug-likeness (QED) is 0.442. The van der Waals surface area contributed by atoms with E-state index in [0.717, 1.165) is 17.8 Å². The Morgan fingerprint density at radius 3 is 1.95 bits per heavy atom. The molecule has 0 unspecified atom stereocenters. The van der Waals surface area contributed by atoms with Crippen LogP contribution in [0.3, 0.4) is 0 Å². The van der Waals surface area contributed by atoms with E-state index in [1.54, 1.807) is 0 Å². The highest BCUT2D eigenvalue weighted by Crippen LogP contribution is 2.44. The molecule has 0 heteroatoms. The summed E-state index contributed by atoms with van der Waals surface area (Å²) in [4.78, 5) is 0. The molecule has 0 heterocycles. The standard InChI is InChI=1S/C20H37/c1-3-5-6-8-18-11-15-20(16-12-18)19-13-9-17(7-4-2)10-14-19/h17-19H,3-16H2,1-2H3. The van der Waals surface area contributed by atoms with E-state index in [9.17, 15) is 0 Å². The average Bonchev–Trinajstić information content (AvgIpc) is 2.49. The highest BCUT2D eigenvalue weighted by molar-refractivity contribution is 5.01. The molecule has 1 radical (unpaired) electrons. The summed E-state index contributed by atoms with van der Waals surface area (Å²) >= 11 is 0. The highest BCUT2D eigenvalue weighted by Gasteiger charge is 2.30. The minimum Gasteiger partial charge on any atom is -0.0654 e. The molecule has 0 spiro atoms. The van der Waals surface area contributed by atoms with Gasteiger partial charge in [0.1, 0.15) is 0 Å². The van der Waals surface area contributed by atoms with Crippen LogP contribution in [0.4, 0.5) is 0 Å². The first-order valence-corrected chi connectivity index (χ1v) is 9.68. The maximum absolute atomic E-state index is 2.35. The SMILES string of the molecule is CCCCCC1CC[C](C2CCC(CCC)CC2)CC1. The monoisotopic (exact) mass is 277 g/mol. The molecule has 2 fully saturated rings. The van der Waals surface area contributed by atoms with Gasteiger partial charge in [-0.2, -0.15) is 0 Å². The van der Waals surface area contributed by atoms with Gasteiger partial charge in [0.2, 0.25) is 0 Å². The predicted octanol–water partition coefficient (Wildman–Crippen LogP) is 6.94. The van der Waals surface area contributed by atoms with E-state index in [1.165, 1.54) is 89.9 Å². The Morgan fingerprint density at radius 2 is 1.35 bits per heavy atom. The van der Waals surface area contributed by atoms with Crippen LogP contribution in [0, 0.1) is 23.7 Å². The maximum atomic E-state index is 2.35. The molecule has 20 heavy (non-hydrogen) atoms. The van der Waals surface area contributed by atoms with Crippen molar-refractivity contribution in [3.8, 4) is 0 Å². The molecule has 0 aromatic rings. The van der Waals surface area contributed by atoms with E-state index in [1.807, 2.05) is 5.92 Å². The third-order valence-corrected chi connectivity index (χ3v) is 6.08. The van der Waals surface area contributed by atoms with Gasteiger partial charge in [-0.25, -0.2) is 0 Å². The van der Waals surface area contributed by atoms with Crippen molar-refractivity contribution in [3.63, 3.8) is 0 Å². The van der Waals surface area contributed by atoms with E-state index in [2.05, 4.69) is 13.8 Å². The van der Waals surface area contributed by atoms with Crippen molar-refractivity contribution in [2.24, 2.45) is 17.8 Å². The molecule has 2 saturated carbocycles. The van der Waals surface area contributed by atoms with Gasteiger partial charge in [-0.3, -0.25) is 0 Å². The molecule has 0 N–H and O–H groups in total. The Morgan fingerprint density at radius 1 is 0.700 bits per heavy atom. The Balaban J connectivity index is 1.62. The van der Waals surface area contributed by atoms with Crippen molar-refractivity contribution in [3.05, 3.63) is 5.92 Å². The van der Waals surface area contributed by atoms with Gasteiger partial charge in [-0.15, -0.1) is 0 Å². The maximum Gasteiger partial charge on any atom is -0.0210 e. The first-order valence-electron chi connectivity index (χ1n) is 9.68. The van der Waals surface area contributed by atoms with Crippen molar-refractivity contribution >= 4 is 0 Å². The molecule has 117 valence electrons. The van der Waals surface area contributed by atoms with Crippen LogP contribution in [-0.4, -0.2) is 0 Å². The second kappa shape index (κ2) is 9.11. The van der Waals surface area contributed by atoms with Gasteiger partial charge >= 0.3 is 0 Å². The van der Waals surface area contributed by atoms with E-state index < -0.39 is 0 Å². The Hall–Kier alpha value is 0. The summed E-state index contributed by atoms with van der Waals surface area (Å²) in [7, 11) is 0. The summed E-state index contributed by atoms with van der Waals surface area (Å²) in [6.07, 6.45) is 20.8. The van der Waals surface area contributed by atoms with E-state index >= 15 is 0 Å². The fraction of sp³-hybridized carbons (Fsp3) is 0.950. The van der Waals surface area contributed by atoms with Crippen LogP contribution in [-0.2, 0) is 0 Å². The van der Waals surface area contributed by atoms with E-state index in [0.29, 0.717) is 0 Å². The van der Waals surface area contributed by atoms with Crippen molar-refractivity contribution in [2.75, 3.05) is 0 Å². The van der Waals surface area contributed by atoms with Crippen molar-refractivity contribution in [2.45, 2.75) is 104 Å². The lowest BCUT2D eigenvalue weighted by molar-refractivity contribution is 0.232. The first kappa shape index (κ1) is 16.4. The third kappa shape index (κ3) is 5.08. The van der Waals surface area contributed by atoms with Crippen LogP contribution in [0.2, 0.25) is 0 Å². The van der Waals surface area contributed by atoms with Gasteiger partial charge in [0.25, 0.3) is 0 Å². The number of unbranched alkanes of at least 4 members (excludes halogenated alkanes) is 2. The zero-order valence-electron chi connectivity index (χ0n) is 14.1. The van der Waals surface area contributed by atoms with Gasteiger partial charge in [0.15, 0.2) is 0 Å². The second-order valence-corrected chi connectivity index (χ2v) is 7.60. The normalized spacial score (nSPS) is 29.7. The van der Waals surface area contributed by atoms with Crippen LogP contribution in [0.1, 0.15) is 104 Å². The molecule has 2 rings (SSSR count). The van der Waals surface area contributed by atoms with E-state index in [-0.39, 0.29) is 0 Å². The van der Waals surface area contributed by atoms with Crippen molar-refractivity contribution in [1.82, 2.24) is 0 Å². The van der Waals surface area contributed by atoms with Crippen LogP contribution in [0.15, 0.2) is 0 Å². The molecule has 0 saturated heterocycles. The summed E-state index contributed by atoms with van der Waals surface area (Å²) in [6, 6.07) is 0. The lowest BCUT2D eigenvalue weighted by Crippen LogP contribution is -2.24. The first-order chi connectivity index (χ1) is 9.83. The second-order valence-electron chi connectivity index (χ2n) is 7.60. The molecular weight excluding hydrogens is 240 g/mol. The molecule has 0 atom stereocenters. The zero-order valence-corrected chi connectivity index (χ0v) is 14.1. The highest BCUT2D eigenvalue weighted by atomic mass is 14.4. The molecule has 0 aromatic carbocycles. The summed E-state index contributed by atoms with van der Waals surface area (Å²) in [5.74, 6) is 5.15. The zero-order chi connectivity index (χ0) is 14.2. The van der Waals surface area contributed by atoms with Crippen LogP contribution in [0.25, 0.3) is 0 Å². The summed E-state index contributed by atoms with van der Waals surface area (Å²) in [5.41, 5.74) is 0. The minimum absolute atomic E-state index is 1.03. The molecule has 2 aliphatic carbocycles. The molecule has 2 aliphatic rings. The molecule has 0 bridgehead atoms. The number of hydrogen-bond acceptors (Lipinski definition) is 0. The smallest absolute Gasteiger partial charge is 0.0210 e.